The largest absolute Gasteiger partial charge is 0.478 e. The molecule has 0 amide bonds. The number of nitrogens with one attached hydrogen (secondary N) is 1. The molecule has 0 aromatic heterocycles. The highest BCUT2D eigenvalue weighted by Crippen LogP contribution is 2.24. The lowest BCUT2D eigenvalue weighted by molar-refractivity contribution is 0.0437. The number of halogens is 2. The first-order chi connectivity index (χ1) is 9.29. The summed E-state index contributed by atoms with van der Waals surface area (Å²) in [6, 6.07) is 1.90. The molecule has 112 valence electrons. The van der Waals surface area contributed by atoms with Crippen molar-refractivity contribution in [2.24, 2.45) is 0 Å². The van der Waals surface area contributed by atoms with Crippen LogP contribution in [0.2, 0.25) is 0 Å². The second-order valence-corrected chi connectivity index (χ2v) is 6.03. The molecule has 0 spiro atoms. The van der Waals surface area contributed by atoms with Gasteiger partial charge in [0, 0.05) is 11.6 Å². The molecule has 0 aliphatic heterocycles. The third-order valence-electron chi connectivity index (χ3n) is 2.08. The number of rotatable bonds is 7. The first kappa shape index (κ1) is 17.0. The van der Waals surface area contributed by atoms with E-state index in [0.717, 1.165) is 12.1 Å². The molecular formula is C10H11BrFNO6S. The van der Waals surface area contributed by atoms with Crippen LogP contribution in [0.1, 0.15) is 10.4 Å². The summed E-state index contributed by atoms with van der Waals surface area (Å²) >= 11 is 2.92. The van der Waals surface area contributed by atoms with Gasteiger partial charge in [-0.15, -0.1) is 0 Å². The minimum atomic E-state index is -4.35. The fourth-order valence-electron chi connectivity index (χ4n) is 1.20. The predicted molar refractivity (Wildman–Crippen MR) is 69.2 cm³/mol. The van der Waals surface area contributed by atoms with E-state index < -0.39 is 32.3 Å². The van der Waals surface area contributed by atoms with Crippen LogP contribution in [0.15, 0.2) is 21.5 Å². The molecule has 0 saturated carbocycles. The summed E-state index contributed by atoms with van der Waals surface area (Å²) in [5.41, 5.74) is -0.767. The summed E-state index contributed by atoms with van der Waals surface area (Å²) in [5, 5.41) is 8.80. The van der Waals surface area contributed by atoms with Gasteiger partial charge in [-0.3, -0.25) is 4.84 Å². The molecule has 0 aliphatic carbocycles. The van der Waals surface area contributed by atoms with Crippen LogP contribution in [0.25, 0.3) is 0 Å². The summed E-state index contributed by atoms with van der Waals surface area (Å²) in [4.78, 5) is 16.3. The average Bonchev–Trinajstić information content (AvgIpc) is 2.36. The Bertz CT molecular complexity index is 606. The van der Waals surface area contributed by atoms with Crippen LogP contribution < -0.4 is 4.89 Å². The van der Waals surface area contributed by atoms with Crippen molar-refractivity contribution in [1.82, 2.24) is 4.89 Å². The number of ether oxygens (including phenoxy) is 1. The van der Waals surface area contributed by atoms with Crippen LogP contribution >= 0.6 is 15.9 Å². The van der Waals surface area contributed by atoms with Crippen molar-refractivity contribution >= 4 is 31.9 Å². The quantitative estimate of drug-likeness (QED) is 0.550. The highest BCUT2D eigenvalue weighted by Gasteiger charge is 2.25. The van der Waals surface area contributed by atoms with E-state index in [0.29, 0.717) is 0 Å². The lowest BCUT2D eigenvalue weighted by Gasteiger charge is -2.09. The zero-order valence-electron chi connectivity index (χ0n) is 10.2. The van der Waals surface area contributed by atoms with Crippen molar-refractivity contribution in [3.8, 4) is 0 Å². The van der Waals surface area contributed by atoms with Gasteiger partial charge in [0.1, 0.15) is 4.90 Å². The Balaban J connectivity index is 3.09. The van der Waals surface area contributed by atoms with Gasteiger partial charge >= 0.3 is 5.97 Å². The number of hydrogen-bond donors (Lipinski definition) is 2. The zero-order chi connectivity index (χ0) is 15.3. The van der Waals surface area contributed by atoms with Gasteiger partial charge in [-0.25, -0.2) is 17.6 Å². The third-order valence-corrected chi connectivity index (χ3v) is 3.75. The van der Waals surface area contributed by atoms with E-state index >= 15 is 0 Å². The molecule has 0 aliphatic rings. The van der Waals surface area contributed by atoms with Crippen LogP contribution in [0.3, 0.4) is 0 Å². The van der Waals surface area contributed by atoms with E-state index in [4.69, 9.17) is 5.11 Å². The number of methoxy groups -OCH3 is 1. The van der Waals surface area contributed by atoms with Crippen molar-refractivity contribution in [2.75, 3.05) is 20.3 Å². The molecule has 0 radical (unpaired) electrons. The lowest BCUT2D eigenvalue weighted by atomic mass is 10.2. The number of carboxylic acid groups (broad SMARTS) is 1. The predicted octanol–water partition coefficient (Wildman–Crippen LogP) is 1.14. The number of benzene rings is 1. The van der Waals surface area contributed by atoms with E-state index in [1.165, 1.54) is 7.11 Å². The second-order valence-electron chi connectivity index (χ2n) is 3.50. The van der Waals surface area contributed by atoms with Gasteiger partial charge in [-0.2, -0.15) is 0 Å². The average molecular weight is 372 g/mol. The number of sulfonamides is 1. The molecule has 7 nitrogen and oxygen atoms in total. The molecule has 0 unspecified atom stereocenters. The van der Waals surface area contributed by atoms with Crippen LogP contribution in [-0.2, 0) is 19.6 Å². The van der Waals surface area contributed by atoms with Crippen molar-refractivity contribution in [1.29, 1.82) is 0 Å². The summed E-state index contributed by atoms with van der Waals surface area (Å²) < 4.78 is 42.2. The fourth-order valence-corrected chi connectivity index (χ4v) is 2.77. The normalized spacial score (nSPS) is 11.6. The molecule has 1 aromatic carbocycles. The van der Waals surface area contributed by atoms with E-state index in [-0.39, 0.29) is 17.7 Å². The van der Waals surface area contributed by atoms with Crippen molar-refractivity contribution in [2.45, 2.75) is 4.90 Å². The number of carboxylic acids is 1. The van der Waals surface area contributed by atoms with Gasteiger partial charge in [0.25, 0.3) is 10.0 Å². The monoisotopic (exact) mass is 371 g/mol. The van der Waals surface area contributed by atoms with Crippen LogP contribution in [-0.4, -0.2) is 39.8 Å². The van der Waals surface area contributed by atoms with Gasteiger partial charge < -0.3 is 9.84 Å². The van der Waals surface area contributed by atoms with Gasteiger partial charge in [0.05, 0.1) is 18.8 Å². The maximum atomic E-state index is 13.9. The van der Waals surface area contributed by atoms with Crippen molar-refractivity contribution < 1.29 is 32.3 Å². The maximum absolute atomic E-state index is 13.9. The first-order valence-corrected chi connectivity index (χ1v) is 7.42. The van der Waals surface area contributed by atoms with E-state index in [9.17, 15) is 17.6 Å². The molecule has 0 atom stereocenters. The summed E-state index contributed by atoms with van der Waals surface area (Å²) in [6.07, 6.45) is 0. The van der Waals surface area contributed by atoms with Crippen LogP contribution in [0.4, 0.5) is 4.39 Å². The van der Waals surface area contributed by atoms with Gasteiger partial charge in [-0.05, 0) is 12.1 Å². The zero-order valence-corrected chi connectivity index (χ0v) is 12.6. The Morgan fingerprint density at radius 1 is 1.45 bits per heavy atom. The molecule has 0 saturated heterocycles. The standard InChI is InChI=1S/C10H11BrFNO6S/c1-18-2-3-19-13-20(16,17)8-5-6(11)4-7(9(8)12)10(14)15/h4-5,13H,2-3H2,1H3,(H,14,15). The van der Waals surface area contributed by atoms with Gasteiger partial charge in [0.2, 0.25) is 0 Å². The summed E-state index contributed by atoms with van der Waals surface area (Å²) in [5.74, 6) is -2.95. The lowest BCUT2D eigenvalue weighted by Crippen LogP contribution is -2.27. The molecule has 2 N–H and O–H groups in total. The fraction of sp³-hybridized carbons (Fsp3) is 0.300. The highest BCUT2D eigenvalue weighted by atomic mass is 79.9. The Kier molecular flexibility index (Phi) is 6.02. The molecule has 20 heavy (non-hydrogen) atoms. The van der Waals surface area contributed by atoms with Crippen LogP contribution in [0, 0.1) is 5.82 Å². The molecule has 1 rings (SSSR count). The van der Waals surface area contributed by atoms with Crippen molar-refractivity contribution in [3.05, 3.63) is 28.0 Å². The number of carbonyl (C=O) groups is 1. The molecule has 0 heterocycles. The van der Waals surface area contributed by atoms with E-state index in [2.05, 4.69) is 25.5 Å². The Labute approximate surface area is 122 Å². The topological polar surface area (TPSA) is 102 Å². The SMILES string of the molecule is COCCONS(=O)(=O)c1cc(Br)cc(C(=O)O)c1F. The summed E-state index contributed by atoms with van der Waals surface area (Å²) in [6.45, 7) is 0.0427. The highest BCUT2D eigenvalue weighted by molar-refractivity contribution is 9.10. The maximum Gasteiger partial charge on any atom is 0.338 e. The number of hydrogen-bond acceptors (Lipinski definition) is 5. The second kappa shape index (κ2) is 7.09. The first-order valence-electron chi connectivity index (χ1n) is 5.14. The smallest absolute Gasteiger partial charge is 0.338 e. The molecular weight excluding hydrogens is 361 g/mol. The summed E-state index contributed by atoms with van der Waals surface area (Å²) in [7, 11) is -2.95. The number of aromatic carboxylic acids is 1. The van der Waals surface area contributed by atoms with E-state index in [1.54, 1.807) is 4.89 Å². The Morgan fingerprint density at radius 3 is 2.65 bits per heavy atom. The molecule has 0 bridgehead atoms. The van der Waals surface area contributed by atoms with Crippen molar-refractivity contribution in [3.63, 3.8) is 0 Å². The third kappa shape index (κ3) is 4.21. The molecule has 0 fully saturated rings. The molecule has 1 aromatic rings. The minimum absolute atomic E-state index is 0.0862. The molecule has 10 heteroatoms. The Morgan fingerprint density at radius 2 is 2.10 bits per heavy atom. The minimum Gasteiger partial charge on any atom is -0.478 e. The Hall–Kier alpha value is -1.07. The van der Waals surface area contributed by atoms with E-state index in [1.807, 2.05) is 0 Å². The van der Waals surface area contributed by atoms with Crippen LogP contribution in [0.5, 0.6) is 0 Å². The van der Waals surface area contributed by atoms with Gasteiger partial charge in [0.15, 0.2) is 5.82 Å². The van der Waals surface area contributed by atoms with Gasteiger partial charge in [-0.1, -0.05) is 20.8 Å².